The van der Waals surface area contributed by atoms with Crippen LogP contribution in [0.1, 0.15) is 46.0 Å². The Morgan fingerprint density at radius 1 is 1.43 bits per heavy atom. The molecule has 5 heteroatoms. The summed E-state index contributed by atoms with van der Waals surface area (Å²) in [6.45, 7) is 7.89. The summed E-state index contributed by atoms with van der Waals surface area (Å²) in [6, 6.07) is 0. The summed E-state index contributed by atoms with van der Waals surface area (Å²) in [6.07, 6.45) is 4.56. The maximum atomic E-state index is 11.5. The molecule has 2 aliphatic heterocycles. The number of β-amino-alcohol motifs (C(OH)–C–C–N with tert-alkyl or cyclic N) is 1. The Kier molecular flexibility index (Phi) is 5.28. The molecule has 21 heavy (non-hydrogen) atoms. The second-order valence-corrected chi connectivity index (χ2v) is 7.53. The third kappa shape index (κ3) is 4.66. The van der Waals surface area contributed by atoms with Crippen molar-refractivity contribution >= 4 is 5.91 Å². The number of rotatable bonds is 5. The minimum atomic E-state index is -0.598. The first-order valence-electron chi connectivity index (χ1n) is 8.13. The zero-order chi connectivity index (χ0) is 15.5. The Bertz CT molecular complexity index is 365. The highest BCUT2D eigenvalue weighted by molar-refractivity contribution is 5.79. The number of nitrogens with zero attached hydrogens (tertiary/aromatic N) is 1. The summed E-state index contributed by atoms with van der Waals surface area (Å²) in [4.78, 5) is 13.9. The molecule has 1 atom stereocenters. The average Bonchev–Trinajstić information content (AvgIpc) is 2.38. The van der Waals surface area contributed by atoms with E-state index in [4.69, 9.17) is 10.5 Å². The van der Waals surface area contributed by atoms with Crippen LogP contribution in [0, 0.1) is 11.3 Å². The molecule has 2 fully saturated rings. The van der Waals surface area contributed by atoms with Crippen LogP contribution in [0.5, 0.6) is 0 Å². The first-order chi connectivity index (χ1) is 9.81. The number of aliphatic hydroxyl groups is 1. The zero-order valence-corrected chi connectivity index (χ0v) is 13.4. The number of likely N-dealkylation sites (tertiary alicyclic amines) is 1. The standard InChI is InChI=1S/C16H30N2O3/c1-15(2,14(17)19)10-13-4-3-7-18(11-13)12-16(20)5-8-21-9-6-16/h13,20H,3-12H2,1-2H3,(H2,17,19). The van der Waals surface area contributed by atoms with Crippen molar-refractivity contribution in [3.63, 3.8) is 0 Å². The van der Waals surface area contributed by atoms with Gasteiger partial charge < -0.3 is 20.5 Å². The highest BCUT2D eigenvalue weighted by Gasteiger charge is 2.35. The number of carbonyl (C=O) groups is 1. The highest BCUT2D eigenvalue weighted by atomic mass is 16.5. The fourth-order valence-electron chi connectivity index (χ4n) is 3.61. The fraction of sp³-hybridized carbons (Fsp3) is 0.938. The van der Waals surface area contributed by atoms with Crippen LogP contribution in [0.25, 0.3) is 0 Å². The fourth-order valence-corrected chi connectivity index (χ4v) is 3.61. The number of nitrogens with two attached hydrogens (primary N) is 1. The van der Waals surface area contributed by atoms with Crippen molar-refractivity contribution in [3.05, 3.63) is 0 Å². The Morgan fingerprint density at radius 3 is 2.71 bits per heavy atom. The van der Waals surface area contributed by atoms with Gasteiger partial charge in [-0.2, -0.15) is 0 Å². The maximum absolute atomic E-state index is 11.5. The molecule has 0 saturated carbocycles. The van der Waals surface area contributed by atoms with Crippen molar-refractivity contribution in [1.82, 2.24) is 4.90 Å². The van der Waals surface area contributed by atoms with E-state index in [1.807, 2.05) is 13.8 Å². The van der Waals surface area contributed by atoms with Crippen LogP contribution in [0.15, 0.2) is 0 Å². The van der Waals surface area contributed by atoms with Gasteiger partial charge in [-0.15, -0.1) is 0 Å². The third-order valence-electron chi connectivity index (χ3n) is 5.01. The summed E-state index contributed by atoms with van der Waals surface area (Å²) in [7, 11) is 0. The normalized spacial score (nSPS) is 27.5. The highest BCUT2D eigenvalue weighted by Crippen LogP contribution is 2.32. The predicted octanol–water partition coefficient (Wildman–Crippen LogP) is 1.14. The van der Waals surface area contributed by atoms with E-state index in [9.17, 15) is 9.90 Å². The van der Waals surface area contributed by atoms with Gasteiger partial charge in [-0.1, -0.05) is 13.8 Å². The molecule has 0 spiro atoms. The third-order valence-corrected chi connectivity index (χ3v) is 5.01. The van der Waals surface area contributed by atoms with Gasteiger partial charge in [0.2, 0.25) is 5.91 Å². The molecule has 1 amide bonds. The first-order valence-corrected chi connectivity index (χ1v) is 8.13. The van der Waals surface area contributed by atoms with E-state index in [1.165, 1.54) is 0 Å². The number of ether oxygens (including phenoxy) is 1. The van der Waals surface area contributed by atoms with E-state index >= 15 is 0 Å². The summed E-state index contributed by atoms with van der Waals surface area (Å²) in [5, 5.41) is 10.6. The number of hydrogen-bond acceptors (Lipinski definition) is 4. The van der Waals surface area contributed by atoms with Crippen molar-refractivity contribution in [1.29, 1.82) is 0 Å². The summed E-state index contributed by atoms with van der Waals surface area (Å²) in [5.74, 6) is 0.271. The zero-order valence-electron chi connectivity index (χ0n) is 13.4. The SMILES string of the molecule is CC(C)(CC1CCCN(CC2(O)CCOCC2)C1)C(N)=O. The van der Waals surface area contributed by atoms with Crippen LogP contribution in [-0.2, 0) is 9.53 Å². The number of carbonyl (C=O) groups excluding carboxylic acids is 1. The molecule has 1 unspecified atom stereocenters. The lowest BCUT2D eigenvalue weighted by Crippen LogP contribution is -2.50. The molecule has 0 radical (unpaired) electrons. The maximum Gasteiger partial charge on any atom is 0.223 e. The van der Waals surface area contributed by atoms with Gasteiger partial charge in [-0.3, -0.25) is 4.79 Å². The van der Waals surface area contributed by atoms with Gasteiger partial charge in [0.25, 0.3) is 0 Å². The van der Waals surface area contributed by atoms with E-state index in [0.29, 0.717) is 19.1 Å². The Balaban J connectivity index is 1.87. The number of hydrogen-bond donors (Lipinski definition) is 2. The smallest absolute Gasteiger partial charge is 0.223 e. The molecule has 0 aromatic heterocycles. The molecule has 2 aliphatic rings. The number of primary amides is 1. The summed E-state index contributed by atoms with van der Waals surface area (Å²) < 4.78 is 5.34. The van der Waals surface area contributed by atoms with Crippen LogP contribution in [-0.4, -0.2) is 54.4 Å². The Labute approximate surface area is 127 Å². The Morgan fingerprint density at radius 2 is 2.10 bits per heavy atom. The van der Waals surface area contributed by atoms with Crippen molar-refractivity contribution in [2.24, 2.45) is 17.1 Å². The average molecular weight is 298 g/mol. The second-order valence-electron chi connectivity index (χ2n) is 7.53. The van der Waals surface area contributed by atoms with Crippen molar-refractivity contribution in [3.8, 4) is 0 Å². The largest absolute Gasteiger partial charge is 0.388 e. The van der Waals surface area contributed by atoms with Gasteiger partial charge in [-0.05, 0) is 31.7 Å². The molecule has 0 aromatic carbocycles. The van der Waals surface area contributed by atoms with Crippen LogP contribution >= 0.6 is 0 Å². The van der Waals surface area contributed by atoms with E-state index in [-0.39, 0.29) is 5.91 Å². The minimum absolute atomic E-state index is 0.220. The van der Waals surface area contributed by atoms with Gasteiger partial charge in [0.05, 0.1) is 5.60 Å². The van der Waals surface area contributed by atoms with Gasteiger partial charge in [-0.25, -0.2) is 0 Å². The van der Waals surface area contributed by atoms with Crippen molar-refractivity contribution < 1.29 is 14.6 Å². The molecule has 0 aliphatic carbocycles. The lowest BCUT2D eigenvalue weighted by molar-refractivity contribution is -0.127. The molecule has 0 bridgehead atoms. The summed E-state index contributed by atoms with van der Waals surface area (Å²) in [5.41, 5.74) is 4.45. The van der Waals surface area contributed by atoms with Gasteiger partial charge in [0, 0.05) is 44.6 Å². The van der Waals surface area contributed by atoms with Crippen molar-refractivity contribution in [2.75, 3.05) is 32.8 Å². The van der Waals surface area contributed by atoms with E-state index in [1.54, 1.807) is 0 Å². The molecule has 122 valence electrons. The van der Waals surface area contributed by atoms with Gasteiger partial charge in [0.1, 0.15) is 0 Å². The monoisotopic (exact) mass is 298 g/mol. The molecule has 2 heterocycles. The molecule has 2 rings (SSSR count). The minimum Gasteiger partial charge on any atom is -0.388 e. The molecule has 3 N–H and O–H groups in total. The van der Waals surface area contributed by atoms with E-state index in [2.05, 4.69) is 4.90 Å². The van der Waals surface area contributed by atoms with Crippen LogP contribution < -0.4 is 5.73 Å². The lowest BCUT2D eigenvalue weighted by Gasteiger charge is -2.41. The molecular weight excluding hydrogens is 268 g/mol. The number of amides is 1. The first kappa shape index (κ1) is 16.7. The summed E-state index contributed by atoms with van der Waals surface area (Å²) >= 11 is 0. The predicted molar refractivity (Wildman–Crippen MR) is 81.8 cm³/mol. The van der Waals surface area contributed by atoms with E-state index in [0.717, 1.165) is 51.7 Å². The topological polar surface area (TPSA) is 75.8 Å². The van der Waals surface area contributed by atoms with Gasteiger partial charge in [0.15, 0.2) is 0 Å². The van der Waals surface area contributed by atoms with Crippen LogP contribution in [0.4, 0.5) is 0 Å². The molecule has 2 saturated heterocycles. The van der Waals surface area contributed by atoms with Gasteiger partial charge >= 0.3 is 0 Å². The molecule has 5 nitrogen and oxygen atoms in total. The number of piperidine rings is 1. The van der Waals surface area contributed by atoms with Crippen molar-refractivity contribution in [2.45, 2.75) is 51.6 Å². The second kappa shape index (κ2) is 6.63. The molecule has 0 aromatic rings. The Hall–Kier alpha value is -0.650. The van der Waals surface area contributed by atoms with Crippen LogP contribution in [0.2, 0.25) is 0 Å². The van der Waals surface area contributed by atoms with Crippen LogP contribution in [0.3, 0.4) is 0 Å². The van der Waals surface area contributed by atoms with E-state index < -0.39 is 11.0 Å². The molecular formula is C16H30N2O3. The lowest BCUT2D eigenvalue weighted by atomic mass is 9.79. The quantitative estimate of drug-likeness (QED) is 0.798.